The number of benzene rings is 1. The highest BCUT2D eigenvalue weighted by molar-refractivity contribution is 5.75. The predicted molar refractivity (Wildman–Crippen MR) is 106 cm³/mol. The van der Waals surface area contributed by atoms with Crippen LogP contribution >= 0.6 is 0 Å². The average molecular weight is 452 g/mol. The third-order valence-corrected chi connectivity index (χ3v) is 3.80. The average Bonchev–Trinajstić information content (AvgIpc) is 2.71. The van der Waals surface area contributed by atoms with E-state index in [2.05, 4.69) is 0 Å². The number of esters is 4. The summed E-state index contributed by atoms with van der Waals surface area (Å²) < 4.78 is 25.9. The minimum atomic E-state index is -1.66. The minimum absolute atomic E-state index is 0.190. The highest BCUT2D eigenvalue weighted by Gasteiger charge is 2.43. The number of rotatable bonds is 12. The number of hydrogen-bond donors (Lipinski definition) is 0. The molecule has 0 spiro atoms. The fourth-order valence-electron chi connectivity index (χ4n) is 2.65. The first-order valence-electron chi connectivity index (χ1n) is 9.39. The Labute approximate surface area is 183 Å². The van der Waals surface area contributed by atoms with Crippen LogP contribution in [0, 0.1) is 0 Å². The van der Waals surface area contributed by atoms with Crippen LogP contribution in [0.2, 0.25) is 0 Å². The molecule has 4 atom stereocenters. The Hall–Kier alpha value is -3.76. The SMILES string of the molecule is CC(=O)O[C@@H]([C@H](OC(C)=O)[C@@H](COc1ccc(C=O)cc1)OC(C)=O)[C@H](C=O)OC(C)=O. The first-order valence-corrected chi connectivity index (χ1v) is 9.39. The molecular formula is C21H24O11. The summed E-state index contributed by atoms with van der Waals surface area (Å²) in [5.41, 5.74) is 0.400. The van der Waals surface area contributed by atoms with E-state index in [1.165, 1.54) is 24.3 Å². The molecule has 0 heterocycles. The van der Waals surface area contributed by atoms with Crippen molar-refractivity contribution in [3.63, 3.8) is 0 Å². The number of carbonyl (C=O) groups is 6. The highest BCUT2D eigenvalue weighted by Crippen LogP contribution is 2.20. The van der Waals surface area contributed by atoms with Gasteiger partial charge in [-0.3, -0.25) is 28.8 Å². The summed E-state index contributed by atoms with van der Waals surface area (Å²) in [7, 11) is 0. The van der Waals surface area contributed by atoms with Crippen molar-refractivity contribution in [1.82, 2.24) is 0 Å². The summed E-state index contributed by atoms with van der Waals surface area (Å²) in [6.45, 7) is 3.78. The predicted octanol–water partition coefficient (Wildman–Crippen LogP) is 0.804. The quantitative estimate of drug-likeness (QED) is 0.252. The first kappa shape index (κ1) is 26.3. The van der Waals surface area contributed by atoms with Crippen LogP contribution in [0.15, 0.2) is 24.3 Å². The second-order valence-electron chi connectivity index (χ2n) is 6.50. The van der Waals surface area contributed by atoms with Gasteiger partial charge in [-0.25, -0.2) is 0 Å². The largest absolute Gasteiger partial charge is 0.490 e. The Morgan fingerprint density at radius 2 is 1.25 bits per heavy atom. The maximum atomic E-state index is 11.7. The van der Waals surface area contributed by atoms with Crippen molar-refractivity contribution in [1.29, 1.82) is 0 Å². The smallest absolute Gasteiger partial charge is 0.303 e. The van der Waals surface area contributed by atoms with Crippen molar-refractivity contribution in [2.75, 3.05) is 6.61 Å². The zero-order valence-corrected chi connectivity index (χ0v) is 18.0. The van der Waals surface area contributed by atoms with Gasteiger partial charge in [0.05, 0.1) is 0 Å². The fraction of sp³-hybridized carbons (Fsp3) is 0.429. The van der Waals surface area contributed by atoms with E-state index in [4.69, 9.17) is 23.7 Å². The van der Waals surface area contributed by atoms with E-state index in [0.717, 1.165) is 27.7 Å². The third-order valence-electron chi connectivity index (χ3n) is 3.80. The molecule has 0 aliphatic heterocycles. The summed E-state index contributed by atoms with van der Waals surface area (Å²) in [6.07, 6.45) is -5.40. The molecule has 0 fully saturated rings. The van der Waals surface area contributed by atoms with Crippen molar-refractivity contribution in [3.05, 3.63) is 29.8 Å². The van der Waals surface area contributed by atoms with Crippen molar-refractivity contribution in [2.45, 2.75) is 52.1 Å². The lowest BCUT2D eigenvalue weighted by atomic mass is 10.0. The van der Waals surface area contributed by atoms with E-state index >= 15 is 0 Å². The molecule has 174 valence electrons. The van der Waals surface area contributed by atoms with Gasteiger partial charge in [0.1, 0.15) is 18.6 Å². The second-order valence-corrected chi connectivity index (χ2v) is 6.50. The van der Waals surface area contributed by atoms with Gasteiger partial charge in [0.15, 0.2) is 30.7 Å². The fourth-order valence-corrected chi connectivity index (χ4v) is 2.65. The Morgan fingerprint density at radius 3 is 1.69 bits per heavy atom. The first-order chi connectivity index (χ1) is 15.1. The lowest BCUT2D eigenvalue weighted by Crippen LogP contribution is -2.53. The van der Waals surface area contributed by atoms with E-state index in [1.807, 2.05) is 0 Å². The molecule has 1 aromatic rings. The van der Waals surface area contributed by atoms with Gasteiger partial charge in [-0.1, -0.05) is 0 Å². The summed E-state index contributed by atoms with van der Waals surface area (Å²) in [4.78, 5) is 68.8. The van der Waals surface area contributed by atoms with Gasteiger partial charge < -0.3 is 23.7 Å². The van der Waals surface area contributed by atoms with Crippen molar-refractivity contribution >= 4 is 36.4 Å². The van der Waals surface area contributed by atoms with Gasteiger partial charge in [0.2, 0.25) is 0 Å². The third kappa shape index (κ3) is 8.94. The minimum Gasteiger partial charge on any atom is -0.490 e. The Balaban J connectivity index is 3.29. The molecule has 0 amide bonds. The van der Waals surface area contributed by atoms with Gasteiger partial charge in [-0.15, -0.1) is 0 Å². The van der Waals surface area contributed by atoms with Crippen LogP contribution in [0.1, 0.15) is 38.1 Å². The molecule has 0 saturated heterocycles. The van der Waals surface area contributed by atoms with Crippen LogP contribution in [-0.2, 0) is 42.9 Å². The lowest BCUT2D eigenvalue weighted by molar-refractivity contribution is -0.198. The van der Waals surface area contributed by atoms with Crippen molar-refractivity contribution in [3.8, 4) is 5.75 Å². The van der Waals surface area contributed by atoms with Gasteiger partial charge in [0, 0.05) is 33.3 Å². The Kier molecular flexibility index (Phi) is 10.5. The molecule has 0 aromatic heterocycles. The van der Waals surface area contributed by atoms with Crippen LogP contribution in [-0.4, -0.2) is 67.5 Å². The molecule has 11 heteroatoms. The molecule has 0 unspecified atom stereocenters. The highest BCUT2D eigenvalue weighted by atomic mass is 16.6. The van der Waals surface area contributed by atoms with Gasteiger partial charge in [-0.05, 0) is 24.3 Å². The summed E-state index contributed by atoms with van der Waals surface area (Å²) in [6, 6.07) is 5.92. The standard InChI is InChI=1S/C21H24O11/c1-12(24)29-18(10-23)20(31-14(3)26)21(32-15(4)27)19(30-13(2)25)11-28-17-7-5-16(9-22)6-8-17/h5-10,18-21H,11H2,1-4H3/t18-,19+,20+,21+/m0/s1. The molecule has 1 aromatic carbocycles. The van der Waals surface area contributed by atoms with E-state index in [9.17, 15) is 28.8 Å². The van der Waals surface area contributed by atoms with E-state index < -0.39 is 54.9 Å². The molecular weight excluding hydrogens is 428 g/mol. The lowest BCUT2D eigenvalue weighted by Gasteiger charge is -2.33. The molecule has 0 aliphatic carbocycles. The van der Waals surface area contributed by atoms with E-state index in [-0.39, 0.29) is 12.0 Å². The van der Waals surface area contributed by atoms with Crippen LogP contribution in [0.5, 0.6) is 5.75 Å². The van der Waals surface area contributed by atoms with Crippen LogP contribution in [0.4, 0.5) is 0 Å². The molecule has 1 rings (SSSR count). The van der Waals surface area contributed by atoms with Gasteiger partial charge in [0.25, 0.3) is 0 Å². The van der Waals surface area contributed by atoms with Gasteiger partial charge in [-0.2, -0.15) is 0 Å². The molecule has 32 heavy (non-hydrogen) atoms. The summed E-state index contributed by atoms with van der Waals surface area (Å²) in [5.74, 6) is -3.10. The molecule has 0 N–H and O–H groups in total. The topological polar surface area (TPSA) is 149 Å². The zero-order chi connectivity index (χ0) is 24.3. The molecule has 11 nitrogen and oxygen atoms in total. The van der Waals surface area contributed by atoms with Crippen molar-refractivity contribution in [2.24, 2.45) is 0 Å². The number of hydrogen-bond acceptors (Lipinski definition) is 11. The second kappa shape index (κ2) is 12.8. The van der Waals surface area contributed by atoms with Crippen LogP contribution in [0.3, 0.4) is 0 Å². The molecule has 0 aliphatic rings. The normalized spacial score (nSPS) is 14.0. The Morgan fingerprint density at radius 1 is 0.750 bits per heavy atom. The maximum absolute atomic E-state index is 11.7. The number of carbonyl (C=O) groups excluding carboxylic acids is 6. The summed E-state index contributed by atoms with van der Waals surface area (Å²) >= 11 is 0. The molecule has 0 saturated carbocycles. The summed E-state index contributed by atoms with van der Waals surface area (Å²) in [5, 5.41) is 0. The Bertz CT molecular complexity index is 831. The van der Waals surface area contributed by atoms with E-state index in [0.29, 0.717) is 11.8 Å². The monoisotopic (exact) mass is 452 g/mol. The van der Waals surface area contributed by atoms with Crippen LogP contribution < -0.4 is 4.74 Å². The number of aldehydes is 2. The van der Waals surface area contributed by atoms with Crippen molar-refractivity contribution < 1.29 is 52.5 Å². The molecule has 0 bridgehead atoms. The van der Waals surface area contributed by atoms with Crippen LogP contribution in [0.25, 0.3) is 0 Å². The number of ether oxygens (including phenoxy) is 5. The van der Waals surface area contributed by atoms with Gasteiger partial charge >= 0.3 is 23.9 Å². The maximum Gasteiger partial charge on any atom is 0.303 e. The molecule has 0 radical (unpaired) electrons. The zero-order valence-electron chi connectivity index (χ0n) is 18.0. The van der Waals surface area contributed by atoms with E-state index in [1.54, 1.807) is 0 Å².